The van der Waals surface area contributed by atoms with Crippen molar-refractivity contribution in [1.29, 1.82) is 0 Å². The zero-order valence-corrected chi connectivity index (χ0v) is 11.0. The Morgan fingerprint density at radius 1 is 1.28 bits per heavy atom. The fourth-order valence-corrected chi connectivity index (χ4v) is 2.95. The van der Waals surface area contributed by atoms with Crippen molar-refractivity contribution in [3.63, 3.8) is 0 Å². The molecule has 94 valence electrons. The van der Waals surface area contributed by atoms with Gasteiger partial charge in [-0.3, -0.25) is 4.98 Å². The van der Waals surface area contributed by atoms with Crippen LogP contribution in [0.25, 0.3) is 10.9 Å². The van der Waals surface area contributed by atoms with Crippen LogP contribution in [0.2, 0.25) is 0 Å². The van der Waals surface area contributed by atoms with E-state index in [-0.39, 0.29) is 5.54 Å². The lowest BCUT2D eigenvalue weighted by molar-refractivity contribution is 0.519. The van der Waals surface area contributed by atoms with Crippen LogP contribution < -0.4 is 10.6 Å². The first-order valence-electron chi connectivity index (χ1n) is 6.50. The van der Waals surface area contributed by atoms with E-state index in [1.165, 1.54) is 18.5 Å². The average molecular weight is 241 g/mol. The Labute approximate surface area is 108 Å². The van der Waals surface area contributed by atoms with Gasteiger partial charge < -0.3 is 10.6 Å². The fraction of sp³-hybridized carbons (Fsp3) is 0.400. The van der Waals surface area contributed by atoms with Gasteiger partial charge >= 0.3 is 0 Å². The minimum atomic E-state index is 0.209. The molecule has 2 aromatic rings. The lowest BCUT2D eigenvalue weighted by atomic mass is 10.0. The SMILES string of the molecule is CC1(C)CCCN1c1ccc(N)c2cccnc12. The van der Waals surface area contributed by atoms with Gasteiger partial charge in [-0.05, 0) is 51.0 Å². The molecule has 0 spiro atoms. The molecule has 1 fully saturated rings. The summed E-state index contributed by atoms with van der Waals surface area (Å²) in [5, 5.41) is 1.05. The topological polar surface area (TPSA) is 42.1 Å². The maximum atomic E-state index is 6.03. The van der Waals surface area contributed by atoms with Crippen LogP contribution in [0.3, 0.4) is 0 Å². The van der Waals surface area contributed by atoms with Gasteiger partial charge in [0.1, 0.15) is 0 Å². The number of rotatable bonds is 1. The van der Waals surface area contributed by atoms with Crippen LogP contribution in [0.5, 0.6) is 0 Å². The zero-order chi connectivity index (χ0) is 12.8. The van der Waals surface area contributed by atoms with Crippen LogP contribution in [-0.4, -0.2) is 17.1 Å². The smallest absolute Gasteiger partial charge is 0.0956 e. The van der Waals surface area contributed by atoms with E-state index >= 15 is 0 Å². The van der Waals surface area contributed by atoms with Gasteiger partial charge in [0.25, 0.3) is 0 Å². The van der Waals surface area contributed by atoms with Crippen molar-refractivity contribution in [3.8, 4) is 0 Å². The number of nitrogens with zero attached hydrogens (tertiary/aromatic N) is 2. The van der Waals surface area contributed by atoms with Gasteiger partial charge in [0.15, 0.2) is 0 Å². The van der Waals surface area contributed by atoms with Crippen LogP contribution in [-0.2, 0) is 0 Å². The van der Waals surface area contributed by atoms with Gasteiger partial charge in [0.05, 0.1) is 11.2 Å². The Kier molecular flexibility index (Phi) is 2.44. The molecule has 0 bridgehead atoms. The van der Waals surface area contributed by atoms with Crippen molar-refractivity contribution in [2.75, 3.05) is 17.2 Å². The molecular formula is C15H19N3. The zero-order valence-electron chi connectivity index (χ0n) is 11.0. The number of nitrogen functional groups attached to an aromatic ring is 1. The second-order valence-corrected chi connectivity index (χ2v) is 5.64. The van der Waals surface area contributed by atoms with Gasteiger partial charge in [-0.1, -0.05) is 0 Å². The molecule has 0 aliphatic carbocycles. The molecular weight excluding hydrogens is 222 g/mol. The fourth-order valence-electron chi connectivity index (χ4n) is 2.95. The maximum absolute atomic E-state index is 6.03. The van der Waals surface area contributed by atoms with Crippen molar-refractivity contribution in [3.05, 3.63) is 30.5 Å². The van der Waals surface area contributed by atoms with Gasteiger partial charge in [0.2, 0.25) is 0 Å². The normalized spacial score (nSPS) is 18.4. The summed E-state index contributed by atoms with van der Waals surface area (Å²) in [4.78, 5) is 6.99. The van der Waals surface area contributed by atoms with Crippen LogP contribution in [0.1, 0.15) is 26.7 Å². The Hall–Kier alpha value is -1.77. The summed E-state index contributed by atoms with van der Waals surface area (Å²) in [6.45, 7) is 5.69. The third-order valence-electron chi connectivity index (χ3n) is 3.97. The molecule has 0 unspecified atom stereocenters. The maximum Gasteiger partial charge on any atom is 0.0956 e. The molecule has 1 aliphatic rings. The highest BCUT2D eigenvalue weighted by Crippen LogP contribution is 2.38. The molecule has 0 radical (unpaired) electrons. The van der Waals surface area contributed by atoms with E-state index in [4.69, 9.17) is 5.73 Å². The molecule has 1 aromatic carbocycles. The van der Waals surface area contributed by atoms with Gasteiger partial charge in [-0.2, -0.15) is 0 Å². The van der Waals surface area contributed by atoms with Crippen molar-refractivity contribution in [1.82, 2.24) is 4.98 Å². The largest absolute Gasteiger partial charge is 0.398 e. The number of fused-ring (bicyclic) bond motifs is 1. The standard InChI is InChI=1S/C15H19N3/c1-15(2)8-4-10-18(15)13-7-6-12(16)11-5-3-9-17-14(11)13/h3,5-7,9H,4,8,10,16H2,1-2H3. The van der Waals surface area contributed by atoms with E-state index in [1.807, 2.05) is 24.4 Å². The lowest BCUT2D eigenvalue weighted by Gasteiger charge is -2.34. The Morgan fingerprint density at radius 2 is 2.11 bits per heavy atom. The summed E-state index contributed by atoms with van der Waals surface area (Å²) < 4.78 is 0. The molecule has 2 N–H and O–H groups in total. The van der Waals surface area contributed by atoms with Crippen LogP contribution >= 0.6 is 0 Å². The second-order valence-electron chi connectivity index (χ2n) is 5.64. The minimum absolute atomic E-state index is 0.209. The third kappa shape index (κ3) is 1.62. The first-order valence-corrected chi connectivity index (χ1v) is 6.50. The average Bonchev–Trinajstić information content (AvgIpc) is 2.70. The van der Waals surface area contributed by atoms with E-state index in [0.29, 0.717) is 0 Å². The van der Waals surface area contributed by atoms with E-state index in [1.54, 1.807) is 0 Å². The number of nitrogens with two attached hydrogens (primary N) is 1. The summed E-state index contributed by atoms with van der Waals surface area (Å²) >= 11 is 0. The molecule has 18 heavy (non-hydrogen) atoms. The highest BCUT2D eigenvalue weighted by Gasteiger charge is 2.33. The summed E-state index contributed by atoms with van der Waals surface area (Å²) in [6.07, 6.45) is 4.31. The highest BCUT2D eigenvalue weighted by atomic mass is 15.2. The quantitative estimate of drug-likeness (QED) is 0.780. The van der Waals surface area contributed by atoms with Gasteiger partial charge in [0, 0.05) is 29.4 Å². The summed E-state index contributed by atoms with van der Waals surface area (Å²) in [5.41, 5.74) is 9.28. The molecule has 1 saturated heterocycles. The van der Waals surface area contributed by atoms with Gasteiger partial charge in [-0.25, -0.2) is 0 Å². The molecule has 1 aromatic heterocycles. The number of anilines is 2. The van der Waals surface area contributed by atoms with Crippen molar-refractivity contribution >= 4 is 22.3 Å². The molecule has 3 rings (SSSR count). The van der Waals surface area contributed by atoms with E-state index in [9.17, 15) is 0 Å². The lowest BCUT2D eigenvalue weighted by Crippen LogP contribution is -2.38. The Bertz CT molecular complexity index is 589. The molecule has 0 amide bonds. The van der Waals surface area contributed by atoms with Crippen LogP contribution in [0, 0.1) is 0 Å². The molecule has 2 heterocycles. The van der Waals surface area contributed by atoms with Gasteiger partial charge in [-0.15, -0.1) is 0 Å². The number of benzene rings is 1. The number of hydrogen-bond acceptors (Lipinski definition) is 3. The first kappa shape index (κ1) is 11.3. The van der Waals surface area contributed by atoms with Crippen molar-refractivity contribution in [2.45, 2.75) is 32.2 Å². The highest BCUT2D eigenvalue weighted by molar-refractivity contribution is 5.98. The first-order chi connectivity index (χ1) is 8.59. The summed E-state index contributed by atoms with van der Waals surface area (Å²) in [7, 11) is 0. The number of pyridine rings is 1. The number of hydrogen-bond donors (Lipinski definition) is 1. The van der Waals surface area contributed by atoms with E-state index in [2.05, 4.69) is 29.8 Å². The van der Waals surface area contributed by atoms with Crippen molar-refractivity contribution < 1.29 is 0 Å². The predicted octanol–water partition coefficient (Wildman–Crippen LogP) is 3.20. The second kappa shape index (κ2) is 3.87. The molecule has 1 aliphatic heterocycles. The van der Waals surface area contributed by atoms with Crippen LogP contribution in [0.4, 0.5) is 11.4 Å². The number of aromatic nitrogens is 1. The summed E-state index contributed by atoms with van der Waals surface area (Å²) in [6, 6.07) is 8.09. The third-order valence-corrected chi connectivity index (χ3v) is 3.97. The van der Waals surface area contributed by atoms with E-state index in [0.717, 1.165) is 23.1 Å². The Balaban J connectivity index is 2.21. The van der Waals surface area contributed by atoms with E-state index < -0.39 is 0 Å². The summed E-state index contributed by atoms with van der Waals surface area (Å²) in [5.74, 6) is 0. The monoisotopic (exact) mass is 241 g/mol. The van der Waals surface area contributed by atoms with Crippen LogP contribution in [0.15, 0.2) is 30.5 Å². The Morgan fingerprint density at radius 3 is 2.83 bits per heavy atom. The molecule has 3 nitrogen and oxygen atoms in total. The van der Waals surface area contributed by atoms with Crippen molar-refractivity contribution in [2.24, 2.45) is 0 Å². The predicted molar refractivity (Wildman–Crippen MR) is 76.8 cm³/mol. The minimum Gasteiger partial charge on any atom is -0.398 e. The molecule has 0 saturated carbocycles. The molecule has 0 atom stereocenters. The molecule has 3 heteroatoms.